The monoisotopic (exact) mass is 318 g/mol. The molecule has 1 heterocycles. The maximum Gasteiger partial charge on any atom is 0.203 e. The zero-order valence-corrected chi connectivity index (χ0v) is 15.0. The Labute approximate surface area is 138 Å². The second kappa shape index (κ2) is 6.89. The molecule has 1 aromatic heterocycles. The average Bonchev–Trinajstić information content (AvgIpc) is 2.71. The number of imidazole rings is 1. The Morgan fingerprint density at radius 1 is 1.13 bits per heavy atom. The molecule has 0 aliphatic rings. The van der Waals surface area contributed by atoms with Crippen LogP contribution in [0.15, 0.2) is 24.3 Å². The van der Waals surface area contributed by atoms with E-state index in [-0.39, 0.29) is 5.41 Å². The van der Waals surface area contributed by atoms with E-state index in [9.17, 15) is 5.11 Å². The van der Waals surface area contributed by atoms with E-state index < -0.39 is 6.10 Å². The smallest absolute Gasteiger partial charge is 0.203 e. The molecule has 0 radical (unpaired) electrons. The number of rotatable bonds is 6. The second-order valence-electron chi connectivity index (χ2n) is 7.61. The summed E-state index contributed by atoms with van der Waals surface area (Å²) in [5.41, 5.74) is 2.35. The minimum atomic E-state index is -0.488. The lowest BCUT2D eigenvalue weighted by Gasteiger charge is -2.26. The molecule has 0 fully saturated rings. The van der Waals surface area contributed by atoms with Gasteiger partial charge in [-0.05, 0) is 44.6 Å². The molecule has 1 aromatic carbocycles. The quantitative estimate of drug-likeness (QED) is 0.858. The molecular formula is C18H30N4O. The fourth-order valence-corrected chi connectivity index (χ4v) is 2.70. The van der Waals surface area contributed by atoms with Crippen LogP contribution in [0.1, 0.15) is 27.2 Å². The number of para-hydroxylation sites is 2. The van der Waals surface area contributed by atoms with Crippen LogP contribution in [0.25, 0.3) is 11.0 Å². The molecule has 0 amide bonds. The summed E-state index contributed by atoms with van der Waals surface area (Å²) in [7, 11) is 4.13. The molecule has 0 bridgehead atoms. The van der Waals surface area contributed by atoms with Gasteiger partial charge in [-0.25, -0.2) is 0 Å². The minimum absolute atomic E-state index is 0.201. The fraction of sp³-hybridized carbons (Fsp3) is 0.611. The number of aliphatic hydroxyl groups excluding tert-OH is 1. The number of hydrogen-bond donors (Lipinski definition) is 2. The summed E-state index contributed by atoms with van der Waals surface area (Å²) in [5, 5.41) is 19.0. The summed E-state index contributed by atoms with van der Waals surface area (Å²) in [6.07, 6.45) is 0.511. The summed E-state index contributed by atoms with van der Waals surface area (Å²) < 4.78 is 3.98. The van der Waals surface area contributed by atoms with E-state index in [0.717, 1.165) is 30.5 Å². The third kappa shape index (κ3) is 4.03. The highest BCUT2D eigenvalue weighted by atomic mass is 16.3. The lowest BCUT2D eigenvalue weighted by atomic mass is 9.89. The summed E-state index contributed by atoms with van der Waals surface area (Å²) >= 11 is 0. The summed E-state index contributed by atoms with van der Waals surface area (Å²) in [5.74, 6) is 0. The van der Waals surface area contributed by atoms with Crippen LogP contribution in [0, 0.1) is 10.8 Å². The Morgan fingerprint density at radius 2 is 1.70 bits per heavy atom. The first-order chi connectivity index (χ1) is 10.7. The normalized spacial score (nSPS) is 13.9. The van der Waals surface area contributed by atoms with Crippen LogP contribution < -0.4 is 5.62 Å². The van der Waals surface area contributed by atoms with Gasteiger partial charge in [0.2, 0.25) is 5.62 Å². The molecule has 5 nitrogen and oxygen atoms in total. The molecule has 1 atom stereocenters. The number of hydrogen-bond acceptors (Lipinski definition) is 3. The van der Waals surface area contributed by atoms with Crippen molar-refractivity contribution in [2.24, 2.45) is 5.41 Å². The standard InChI is InChI=1S/C18H30N4O/c1-18(2,3)16(23)13-22-15-10-7-6-9-14(15)21(17(22)19)12-8-11-20(4)5/h6-7,9-10,16,19,23H,8,11-13H2,1-5H3/t16-/m0/s1. The Hall–Kier alpha value is -1.59. The van der Waals surface area contributed by atoms with Gasteiger partial charge in [-0.15, -0.1) is 0 Å². The molecule has 2 rings (SSSR count). The van der Waals surface area contributed by atoms with E-state index in [1.165, 1.54) is 0 Å². The van der Waals surface area contributed by atoms with E-state index in [1.807, 2.05) is 48.1 Å². The molecule has 2 N–H and O–H groups in total. The molecule has 0 spiro atoms. The topological polar surface area (TPSA) is 57.2 Å². The van der Waals surface area contributed by atoms with Crippen molar-refractivity contribution in [1.29, 1.82) is 5.41 Å². The Bertz CT molecular complexity index is 706. The molecule has 0 unspecified atom stereocenters. The van der Waals surface area contributed by atoms with E-state index in [1.54, 1.807) is 0 Å². The number of benzene rings is 1. The van der Waals surface area contributed by atoms with E-state index in [4.69, 9.17) is 5.41 Å². The minimum Gasteiger partial charge on any atom is -0.391 e. The average molecular weight is 318 g/mol. The van der Waals surface area contributed by atoms with Gasteiger partial charge < -0.3 is 19.1 Å². The number of aliphatic hydroxyl groups is 1. The third-order valence-corrected chi connectivity index (χ3v) is 4.32. The van der Waals surface area contributed by atoms with Gasteiger partial charge in [-0.3, -0.25) is 5.41 Å². The van der Waals surface area contributed by atoms with Gasteiger partial charge in [0.05, 0.1) is 23.7 Å². The van der Waals surface area contributed by atoms with Crippen molar-refractivity contribution in [3.8, 4) is 0 Å². The lowest BCUT2D eigenvalue weighted by molar-refractivity contribution is 0.0477. The van der Waals surface area contributed by atoms with Crippen LogP contribution in [0.2, 0.25) is 0 Å². The second-order valence-corrected chi connectivity index (χ2v) is 7.61. The van der Waals surface area contributed by atoms with Crippen molar-refractivity contribution in [3.05, 3.63) is 29.9 Å². The maximum atomic E-state index is 10.5. The number of nitrogens with one attached hydrogen (secondary N) is 1. The molecule has 0 aliphatic heterocycles. The van der Waals surface area contributed by atoms with E-state index >= 15 is 0 Å². The summed E-state index contributed by atoms with van der Waals surface area (Å²) in [4.78, 5) is 2.16. The van der Waals surface area contributed by atoms with Crippen LogP contribution in [-0.4, -0.2) is 45.9 Å². The molecule has 0 saturated carbocycles. The van der Waals surface area contributed by atoms with E-state index in [0.29, 0.717) is 12.2 Å². The molecule has 128 valence electrons. The highest BCUT2D eigenvalue weighted by molar-refractivity contribution is 5.75. The van der Waals surface area contributed by atoms with Crippen LogP contribution in [-0.2, 0) is 13.1 Å². The van der Waals surface area contributed by atoms with Gasteiger partial charge in [0.1, 0.15) is 0 Å². The van der Waals surface area contributed by atoms with Gasteiger partial charge >= 0.3 is 0 Å². The SMILES string of the molecule is CN(C)CCCn1c(=N)n(C[C@H](O)C(C)(C)C)c2ccccc21. The fourth-order valence-electron chi connectivity index (χ4n) is 2.70. The van der Waals surface area contributed by atoms with Crippen LogP contribution in [0.5, 0.6) is 0 Å². The first-order valence-corrected chi connectivity index (χ1v) is 8.27. The highest BCUT2D eigenvalue weighted by Gasteiger charge is 2.24. The first-order valence-electron chi connectivity index (χ1n) is 8.27. The molecule has 2 aromatic rings. The van der Waals surface area contributed by atoms with E-state index in [2.05, 4.69) is 25.1 Å². The van der Waals surface area contributed by atoms with Crippen molar-refractivity contribution in [2.45, 2.75) is 46.4 Å². The third-order valence-electron chi connectivity index (χ3n) is 4.32. The maximum absolute atomic E-state index is 10.5. The summed E-state index contributed by atoms with van der Waals surface area (Å²) in [6, 6.07) is 8.09. The number of fused-ring (bicyclic) bond motifs is 1. The number of aryl methyl sites for hydroxylation is 1. The lowest BCUT2D eigenvalue weighted by Crippen LogP contribution is -2.35. The van der Waals surface area contributed by atoms with Gasteiger partial charge in [-0.2, -0.15) is 0 Å². The van der Waals surface area contributed by atoms with Crippen molar-refractivity contribution < 1.29 is 5.11 Å². The number of aromatic nitrogens is 2. The van der Waals surface area contributed by atoms with Crippen molar-refractivity contribution in [2.75, 3.05) is 20.6 Å². The Kier molecular flexibility index (Phi) is 5.32. The predicted octanol–water partition coefficient (Wildman–Crippen LogP) is 2.28. The first kappa shape index (κ1) is 17.8. The molecule has 5 heteroatoms. The van der Waals surface area contributed by atoms with Crippen molar-refractivity contribution >= 4 is 11.0 Å². The van der Waals surface area contributed by atoms with Gasteiger partial charge in [-0.1, -0.05) is 32.9 Å². The Morgan fingerprint density at radius 3 is 2.22 bits per heavy atom. The van der Waals surface area contributed by atoms with Crippen molar-refractivity contribution in [1.82, 2.24) is 14.0 Å². The van der Waals surface area contributed by atoms with Gasteiger partial charge in [0.15, 0.2) is 0 Å². The molecular weight excluding hydrogens is 288 g/mol. The van der Waals surface area contributed by atoms with Gasteiger partial charge in [0.25, 0.3) is 0 Å². The molecule has 23 heavy (non-hydrogen) atoms. The van der Waals surface area contributed by atoms with Gasteiger partial charge in [0, 0.05) is 6.54 Å². The number of nitrogens with zero attached hydrogens (tertiary/aromatic N) is 3. The van der Waals surface area contributed by atoms with Crippen LogP contribution >= 0.6 is 0 Å². The Balaban J connectivity index is 2.38. The largest absolute Gasteiger partial charge is 0.391 e. The zero-order chi connectivity index (χ0) is 17.2. The molecule has 0 saturated heterocycles. The zero-order valence-electron chi connectivity index (χ0n) is 15.0. The predicted molar refractivity (Wildman–Crippen MR) is 94.4 cm³/mol. The highest BCUT2D eigenvalue weighted by Crippen LogP contribution is 2.22. The molecule has 0 aliphatic carbocycles. The van der Waals surface area contributed by atoms with Crippen molar-refractivity contribution in [3.63, 3.8) is 0 Å². The summed E-state index contributed by atoms with van der Waals surface area (Å²) in [6.45, 7) is 8.34. The van der Waals surface area contributed by atoms with Crippen LogP contribution in [0.3, 0.4) is 0 Å². The van der Waals surface area contributed by atoms with Crippen LogP contribution in [0.4, 0.5) is 0 Å².